The quantitative estimate of drug-likeness (QED) is 0.917. The van der Waals surface area contributed by atoms with Crippen LogP contribution in [0.25, 0.3) is 11.1 Å². The third kappa shape index (κ3) is 2.32. The average molecular weight is 321 g/mol. The monoisotopic (exact) mass is 320 g/mol. The molecule has 4 rings (SSSR count). The summed E-state index contributed by atoms with van der Waals surface area (Å²) in [5.41, 5.74) is 2.20. The number of halogens is 1. The molecule has 0 amide bonds. The lowest BCUT2D eigenvalue weighted by Crippen LogP contribution is -2.50. The van der Waals surface area contributed by atoms with Crippen LogP contribution in [0.3, 0.4) is 0 Å². The van der Waals surface area contributed by atoms with Crippen molar-refractivity contribution in [2.24, 2.45) is 4.99 Å². The molecule has 1 fully saturated rings. The zero-order chi connectivity index (χ0) is 15.1. The molecule has 1 atom stereocenters. The van der Waals surface area contributed by atoms with Crippen molar-refractivity contribution in [2.45, 2.75) is 13.0 Å². The van der Waals surface area contributed by atoms with Crippen LogP contribution in [0.2, 0.25) is 5.02 Å². The summed E-state index contributed by atoms with van der Waals surface area (Å²) in [5.74, 6) is 0.587. The summed E-state index contributed by atoms with van der Waals surface area (Å²) in [4.78, 5) is 11.1. The second-order valence-corrected chi connectivity index (χ2v) is 6.02. The lowest BCUT2D eigenvalue weighted by Gasteiger charge is -2.32. The van der Waals surface area contributed by atoms with E-state index in [1.807, 2.05) is 12.1 Å². The Labute approximate surface area is 133 Å². The molecule has 1 N–H and O–H groups in total. The molecule has 3 heterocycles. The fraction of sp³-hybridized carbons (Fsp3) is 0.467. The Bertz CT molecular complexity index is 742. The summed E-state index contributed by atoms with van der Waals surface area (Å²) in [6.45, 7) is 6.13. The number of rotatable bonds is 2. The predicted molar refractivity (Wildman–Crippen MR) is 86.1 cm³/mol. The van der Waals surface area contributed by atoms with Crippen molar-refractivity contribution >= 4 is 34.6 Å². The second-order valence-electron chi connectivity index (χ2n) is 5.58. The van der Waals surface area contributed by atoms with E-state index >= 15 is 0 Å². The SMILES string of the molecule is CC1CNCCN1c1nc2cc(Cl)cc(C3=NCCO3)c2o1. The summed E-state index contributed by atoms with van der Waals surface area (Å²) in [7, 11) is 0. The third-order valence-electron chi connectivity index (χ3n) is 4.01. The van der Waals surface area contributed by atoms with Crippen LogP contribution in [-0.2, 0) is 4.74 Å². The number of nitrogens with zero attached hydrogens (tertiary/aromatic N) is 3. The largest absolute Gasteiger partial charge is 0.475 e. The van der Waals surface area contributed by atoms with Gasteiger partial charge in [-0.15, -0.1) is 0 Å². The van der Waals surface area contributed by atoms with E-state index in [4.69, 9.17) is 20.8 Å². The van der Waals surface area contributed by atoms with E-state index in [0.717, 1.165) is 30.7 Å². The fourth-order valence-corrected chi connectivity index (χ4v) is 3.10. The summed E-state index contributed by atoms with van der Waals surface area (Å²) < 4.78 is 11.6. The standard InChI is InChI=1S/C15H17ClN4O2/c1-9-8-17-2-4-20(9)15-19-12-7-10(16)6-11(13(12)22-15)14-18-3-5-21-14/h6-7,9,17H,2-5,8H2,1H3. The molecule has 2 aromatic rings. The lowest BCUT2D eigenvalue weighted by molar-refractivity contribution is 0.348. The van der Waals surface area contributed by atoms with E-state index in [1.54, 1.807) is 0 Å². The van der Waals surface area contributed by atoms with Crippen LogP contribution in [0.4, 0.5) is 6.01 Å². The predicted octanol–water partition coefficient (Wildman–Crippen LogP) is 2.06. The molecule has 1 aromatic heterocycles. The van der Waals surface area contributed by atoms with Gasteiger partial charge in [0.25, 0.3) is 6.01 Å². The highest BCUT2D eigenvalue weighted by Crippen LogP contribution is 2.30. The highest BCUT2D eigenvalue weighted by molar-refractivity contribution is 6.32. The number of ether oxygens (including phenoxy) is 1. The van der Waals surface area contributed by atoms with E-state index in [2.05, 4.69) is 27.1 Å². The lowest BCUT2D eigenvalue weighted by atomic mass is 10.2. The van der Waals surface area contributed by atoms with Crippen molar-refractivity contribution < 1.29 is 9.15 Å². The first-order chi connectivity index (χ1) is 10.7. The van der Waals surface area contributed by atoms with Gasteiger partial charge >= 0.3 is 0 Å². The summed E-state index contributed by atoms with van der Waals surface area (Å²) >= 11 is 6.21. The number of hydrogen-bond acceptors (Lipinski definition) is 6. The van der Waals surface area contributed by atoms with Gasteiger partial charge in [-0.1, -0.05) is 11.6 Å². The van der Waals surface area contributed by atoms with Crippen molar-refractivity contribution in [3.8, 4) is 0 Å². The Hall–Kier alpha value is -1.79. The van der Waals surface area contributed by atoms with Gasteiger partial charge in [0.15, 0.2) is 5.58 Å². The fourth-order valence-electron chi connectivity index (χ4n) is 2.89. The van der Waals surface area contributed by atoms with Gasteiger partial charge < -0.3 is 19.4 Å². The van der Waals surface area contributed by atoms with Gasteiger partial charge in [-0.3, -0.25) is 0 Å². The molecular formula is C15H17ClN4O2. The number of piperazine rings is 1. The van der Waals surface area contributed by atoms with Gasteiger partial charge in [-0.05, 0) is 19.1 Å². The Morgan fingerprint density at radius 2 is 2.32 bits per heavy atom. The van der Waals surface area contributed by atoms with Crippen LogP contribution in [0.15, 0.2) is 21.5 Å². The van der Waals surface area contributed by atoms with Crippen LogP contribution < -0.4 is 10.2 Å². The number of fused-ring (bicyclic) bond motifs is 1. The first-order valence-corrected chi connectivity index (χ1v) is 7.85. The maximum atomic E-state index is 6.21. The molecule has 1 unspecified atom stereocenters. The molecule has 2 aliphatic rings. The van der Waals surface area contributed by atoms with Gasteiger partial charge in [0.2, 0.25) is 5.90 Å². The van der Waals surface area contributed by atoms with Crippen LogP contribution in [-0.4, -0.2) is 49.7 Å². The molecule has 1 saturated heterocycles. The highest BCUT2D eigenvalue weighted by atomic mass is 35.5. The van der Waals surface area contributed by atoms with E-state index < -0.39 is 0 Å². The minimum Gasteiger partial charge on any atom is -0.475 e. The van der Waals surface area contributed by atoms with Crippen molar-refractivity contribution in [3.05, 3.63) is 22.7 Å². The number of benzene rings is 1. The van der Waals surface area contributed by atoms with E-state index in [0.29, 0.717) is 41.7 Å². The summed E-state index contributed by atoms with van der Waals surface area (Å²) in [5, 5.41) is 3.97. The van der Waals surface area contributed by atoms with Gasteiger partial charge in [0, 0.05) is 30.7 Å². The summed E-state index contributed by atoms with van der Waals surface area (Å²) in [6.07, 6.45) is 0. The van der Waals surface area contributed by atoms with E-state index in [1.165, 1.54) is 0 Å². The minimum atomic E-state index is 0.334. The Morgan fingerprint density at radius 1 is 1.41 bits per heavy atom. The third-order valence-corrected chi connectivity index (χ3v) is 4.22. The molecule has 0 radical (unpaired) electrons. The molecule has 2 aliphatic heterocycles. The van der Waals surface area contributed by atoms with Crippen molar-refractivity contribution in [3.63, 3.8) is 0 Å². The van der Waals surface area contributed by atoms with Crippen molar-refractivity contribution in [1.82, 2.24) is 10.3 Å². The van der Waals surface area contributed by atoms with Crippen molar-refractivity contribution in [2.75, 3.05) is 37.7 Å². The maximum absolute atomic E-state index is 6.21. The number of oxazole rings is 1. The molecule has 0 spiro atoms. The molecule has 6 nitrogen and oxygen atoms in total. The minimum absolute atomic E-state index is 0.334. The normalized spacial score (nSPS) is 22.0. The summed E-state index contributed by atoms with van der Waals surface area (Å²) in [6, 6.07) is 4.60. The molecule has 0 bridgehead atoms. The van der Waals surface area contributed by atoms with Crippen LogP contribution in [0.1, 0.15) is 12.5 Å². The average Bonchev–Trinajstić information content (AvgIpc) is 3.15. The number of nitrogens with one attached hydrogen (secondary N) is 1. The van der Waals surface area contributed by atoms with Crippen LogP contribution in [0, 0.1) is 0 Å². The van der Waals surface area contributed by atoms with E-state index in [9.17, 15) is 0 Å². The number of aromatic nitrogens is 1. The number of hydrogen-bond donors (Lipinski definition) is 1. The molecular weight excluding hydrogens is 304 g/mol. The molecule has 22 heavy (non-hydrogen) atoms. The Morgan fingerprint density at radius 3 is 3.09 bits per heavy atom. The first-order valence-electron chi connectivity index (χ1n) is 7.47. The Balaban J connectivity index is 1.81. The van der Waals surface area contributed by atoms with E-state index in [-0.39, 0.29) is 0 Å². The topological polar surface area (TPSA) is 62.9 Å². The highest BCUT2D eigenvalue weighted by Gasteiger charge is 2.25. The van der Waals surface area contributed by atoms with Gasteiger partial charge in [0.1, 0.15) is 12.1 Å². The van der Waals surface area contributed by atoms with Crippen LogP contribution >= 0.6 is 11.6 Å². The molecule has 0 aliphatic carbocycles. The number of aliphatic imine (C=N–C) groups is 1. The van der Waals surface area contributed by atoms with Gasteiger partial charge in [0.05, 0.1) is 12.1 Å². The zero-order valence-electron chi connectivity index (χ0n) is 12.3. The van der Waals surface area contributed by atoms with Gasteiger partial charge in [-0.2, -0.15) is 4.98 Å². The van der Waals surface area contributed by atoms with Gasteiger partial charge in [-0.25, -0.2) is 4.99 Å². The first kappa shape index (κ1) is 13.8. The molecule has 116 valence electrons. The number of anilines is 1. The smallest absolute Gasteiger partial charge is 0.298 e. The second kappa shape index (κ2) is 5.44. The van der Waals surface area contributed by atoms with Crippen molar-refractivity contribution in [1.29, 1.82) is 0 Å². The Kier molecular flexibility index (Phi) is 3.43. The zero-order valence-corrected chi connectivity index (χ0v) is 13.1. The molecule has 0 saturated carbocycles. The molecule has 1 aromatic carbocycles. The van der Waals surface area contributed by atoms with Crippen LogP contribution in [0.5, 0.6) is 0 Å². The maximum Gasteiger partial charge on any atom is 0.298 e. The molecule has 7 heteroatoms.